The Morgan fingerprint density at radius 2 is 2.40 bits per heavy atom. The minimum atomic E-state index is -0.474. The summed E-state index contributed by atoms with van der Waals surface area (Å²) in [7, 11) is 1.30. The number of ether oxygens (including phenoxy) is 1. The lowest BCUT2D eigenvalue weighted by Crippen LogP contribution is -2.04. The summed E-state index contributed by atoms with van der Waals surface area (Å²) in [5.41, 5.74) is 11.6. The lowest BCUT2D eigenvalue weighted by atomic mass is 10.2. The van der Waals surface area contributed by atoms with Crippen molar-refractivity contribution in [3.8, 4) is 11.8 Å². The summed E-state index contributed by atoms with van der Waals surface area (Å²) in [6.45, 7) is 0.224. The summed E-state index contributed by atoms with van der Waals surface area (Å²) >= 11 is 0. The fourth-order valence-corrected chi connectivity index (χ4v) is 0.951. The van der Waals surface area contributed by atoms with Crippen molar-refractivity contribution in [1.29, 1.82) is 0 Å². The average Bonchev–Trinajstić information content (AvgIpc) is 2.27. The van der Waals surface area contributed by atoms with E-state index in [2.05, 4.69) is 21.6 Å². The van der Waals surface area contributed by atoms with Gasteiger partial charge >= 0.3 is 5.97 Å². The van der Waals surface area contributed by atoms with Crippen LogP contribution < -0.4 is 11.5 Å². The SMILES string of the molecule is COC(=O)c1cnc(N)c(C#CCN)c1. The monoisotopic (exact) mass is 205 g/mol. The summed E-state index contributed by atoms with van der Waals surface area (Å²) in [6.07, 6.45) is 1.34. The molecule has 4 N–H and O–H groups in total. The minimum absolute atomic E-state index is 0.224. The van der Waals surface area contributed by atoms with Gasteiger partial charge in [-0.25, -0.2) is 9.78 Å². The molecule has 1 heterocycles. The van der Waals surface area contributed by atoms with E-state index >= 15 is 0 Å². The number of aromatic nitrogens is 1. The van der Waals surface area contributed by atoms with Crippen molar-refractivity contribution >= 4 is 11.8 Å². The van der Waals surface area contributed by atoms with Crippen LogP contribution in [0.1, 0.15) is 15.9 Å². The number of esters is 1. The Kier molecular flexibility index (Phi) is 3.66. The number of anilines is 1. The molecule has 0 aliphatic heterocycles. The molecule has 0 spiro atoms. The number of hydrogen-bond acceptors (Lipinski definition) is 5. The number of carbonyl (C=O) groups is 1. The van der Waals surface area contributed by atoms with E-state index in [1.54, 1.807) is 0 Å². The Labute approximate surface area is 87.4 Å². The third kappa shape index (κ3) is 2.69. The minimum Gasteiger partial charge on any atom is -0.465 e. The molecule has 0 saturated heterocycles. The molecule has 0 amide bonds. The van der Waals surface area contributed by atoms with E-state index in [1.165, 1.54) is 19.4 Å². The summed E-state index contributed by atoms with van der Waals surface area (Å²) in [4.78, 5) is 15.0. The lowest BCUT2D eigenvalue weighted by Gasteiger charge is -2.01. The van der Waals surface area contributed by atoms with Gasteiger partial charge in [-0.15, -0.1) is 0 Å². The number of methoxy groups -OCH3 is 1. The largest absolute Gasteiger partial charge is 0.465 e. The molecule has 1 rings (SSSR count). The van der Waals surface area contributed by atoms with Crippen molar-refractivity contribution in [3.63, 3.8) is 0 Å². The fourth-order valence-electron chi connectivity index (χ4n) is 0.951. The van der Waals surface area contributed by atoms with Crippen LogP contribution in [0.3, 0.4) is 0 Å². The number of nitrogen functional groups attached to an aromatic ring is 1. The topological polar surface area (TPSA) is 91.2 Å². The van der Waals surface area contributed by atoms with E-state index in [0.29, 0.717) is 11.1 Å². The molecule has 1 aromatic heterocycles. The van der Waals surface area contributed by atoms with E-state index in [1.807, 2.05) is 0 Å². The number of rotatable bonds is 1. The smallest absolute Gasteiger partial charge is 0.339 e. The van der Waals surface area contributed by atoms with Crippen LogP contribution in [0.4, 0.5) is 5.82 Å². The molecular formula is C10H11N3O2. The quantitative estimate of drug-likeness (QED) is 0.487. The Hall–Kier alpha value is -2.06. The second kappa shape index (κ2) is 4.98. The first-order valence-electron chi connectivity index (χ1n) is 4.21. The third-order valence-electron chi connectivity index (χ3n) is 1.66. The van der Waals surface area contributed by atoms with Gasteiger partial charge in [0.1, 0.15) is 5.82 Å². The average molecular weight is 205 g/mol. The zero-order valence-corrected chi connectivity index (χ0v) is 8.28. The highest BCUT2D eigenvalue weighted by Gasteiger charge is 2.07. The summed E-state index contributed by atoms with van der Waals surface area (Å²) < 4.78 is 4.54. The van der Waals surface area contributed by atoms with Gasteiger partial charge in [0.25, 0.3) is 0 Å². The molecule has 15 heavy (non-hydrogen) atoms. The predicted molar refractivity (Wildman–Crippen MR) is 55.9 cm³/mol. The van der Waals surface area contributed by atoms with Crippen LogP contribution in [0.5, 0.6) is 0 Å². The van der Waals surface area contributed by atoms with Gasteiger partial charge in [0.2, 0.25) is 0 Å². The molecular weight excluding hydrogens is 194 g/mol. The van der Waals surface area contributed by atoms with Crippen molar-refractivity contribution in [1.82, 2.24) is 4.98 Å². The van der Waals surface area contributed by atoms with E-state index in [9.17, 15) is 4.79 Å². The normalized spacial score (nSPS) is 8.93. The van der Waals surface area contributed by atoms with Gasteiger partial charge in [-0.3, -0.25) is 0 Å². The molecule has 78 valence electrons. The molecule has 0 aliphatic carbocycles. The van der Waals surface area contributed by atoms with Crippen LogP contribution in [-0.4, -0.2) is 24.6 Å². The molecule has 5 nitrogen and oxygen atoms in total. The van der Waals surface area contributed by atoms with Crippen molar-refractivity contribution in [3.05, 3.63) is 23.4 Å². The second-order valence-electron chi connectivity index (χ2n) is 2.65. The zero-order valence-electron chi connectivity index (χ0n) is 8.28. The standard InChI is InChI=1S/C10H11N3O2/c1-15-10(14)8-5-7(3-2-4-11)9(12)13-6-8/h5-6H,4,11H2,1H3,(H2,12,13). The van der Waals surface area contributed by atoms with Gasteiger partial charge in [0.15, 0.2) is 0 Å². The fraction of sp³-hybridized carbons (Fsp3) is 0.200. The van der Waals surface area contributed by atoms with Crippen LogP contribution in [0, 0.1) is 11.8 Å². The second-order valence-corrected chi connectivity index (χ2v) is 2.65. The summed E-state index contributed by atoms with van der Waals surface area (Å²) in [5, 5.41) is 0. The Balaban J connectivity index is 3.10. The maximum atomic E-state index is 11.2. The van der Waals surface area contributed by atoms with Crippen LogP contribution in [0.25, 0.3) is 0 Å². The first-order chi connectivity index (χ1) is 7.19. The van der Waals surface area contributed by atoms with Crippen LogP contribution in [0.15, 0.2) is 12.3 Å². The maximum Gasteiger partial charge on any atom is 0.339 e. The van der Waals surface area contributed by atoms with Crippen molar-refractivity contribution in [2.24, 2.45) is 5.73 Å². The van der Waals surface area contributed by atoms with Gasteiger partial charge in [-0.05, 0) is 6.07 Å². The predicted octanol–water partition coefficient (Wildman–Crippen LogP) is -0.239. The molecule has 1 aromatic rings. The summed E-state index contributed by atoms with van der Waals surface area (Å²) in [6, 6.07) is 1.52. The van der Waals surface area contributed by atoms with Crippen LogP contribution in [0.2, 0.25) is 0 Å². The molecule has 0 radical (unpaired) electrons. The van der Waals surface area contributed by atoms with Crippen molar-refractivity contribution in [2.45, 2.75) is 0 Å². The number of pyridine rings is 1. The molecule has 0 saturated carbocycles. The molecule has 5 heteroatoms. The zero-order chi connectivity index (χ0) is 11.3. The van der Waals surface area contributed by atoms with E-state index < -0.39 is 5.97 Å². The first-order valence-corrected chi connectivity index (χ1v) is 4.21. The lowest BCUT2D eigenvalue weighted by molar-refractivity contribution is 0.0600. The maximum absolute atomic E-state index is 11.2. The molecule has 0 atom stereocenters. The van der Waals surface area contributed by atoms with Crippen molar-refractivity contribution in [2.75, 3.05) is 19.4 Å². The molecule has 0 aliphatic rings. The van der Waals surface area contributed by atoms with E-state index in [-0.39, 0.29) is 12.4 Å². The Bertz CT molecular complexity index is 432. The Morgan fingerprint density at radius 3 is 3.00 bits per heavy atom. The molecule has 0 bridgehead atoms. The van der Waals surface area contributed by atoms with E-state index in [4.69, 9.17) is 11.5 Å². The third-order valence-corrected chi connectivity index (χ3v) is 1.66. The van der Waals surface area contributed by atoms with Crippen LogP contribution in [-0.2, 0) is 4.74 Å². The first kappa shape index (κ1) is 11.0. The highest BCUT2D eigenvalue weighted by atomic mass is 16.5. The molecule has 0 aromatic carbocycles. The van der Waals surface area contributed by atoms with Gasteiger partial charge in [-0.2, -0.15) is 0 Å². The summed E-state index contributed by atoms with van der Waals surface area (Å²) in [5.74, 6) is 5.15. The number of hydrogen-bond donors (Lipinski definition) is 2. The van der Waals surface area contributed by atoms with Gasteiger partial charge < -0.3 is 16.2 Å². The Morgan fingerprint density at radius 1 is 1.67 bits per heavy atom. The number of nitrogens with zero attached hydrogens (tertiary/aromatic N) is 1. The van der Waals surface area contributed by atoms with Gasteiger partial charge in [-0.1, -0.05) is 11.8 Å². The van der Waals surface area contributed by atoms with Crippen molar-refractivity contribution < 1.29 is 9.53 Å². The number of carbonyl (C=O) groups excluding carboxylic acids is 1. The highest BCUT2D eigenvalue weighted by molar-refractivity contribution is 5.89. The highest BCUT2D eigenvalue weighted by Crippen LogP contribution is 2.10. The number of nitrogens with two attached hydrogens (primary N) is 2. The molecule has 0 fully saturated rings. The van der Waals surface area contributed by atoms with Gasteiger partial charge in [0.05, 0.1) is 24.8 Å². The molecule has 0 unspecified atom stereocenters. The van der Waals surface area contributed by atoms with Gasteiger partial charge in [0, 0.05) is 6.20 Å². The van der Waals surface area contributed by atoms with Crippen LogP contribution >= 0.6 is 0 Å². The van der Waals surface area contributed by atoms with E-state index in [0.717, 1.165) is 0 Å².